The predicted molar refractivity (Wildman–Crippen MR) is 93.1 cm³/mol. The van der Waals surface area contributed by atoms with Crippen LogP contribution in [0.1, 0.15) is 19.4 Å². The molecule has 0 atom stereocenters. The van der Waals surface area contributed by atoms with Crippen molar-refractivity contribution >= 4 is 57.5 Å². The summed E-state index contributed by atoms with van der Waals surface area (Å²) in [7, 11) is 0. The van der Waals surface area contributed by atoms with Gasteiger partial charge in [-0.05, 0) is 65.9 Å². The van der Waals surface area contributed by atoms with Gasteiger partial charge in [-0.2, -0.15) is 0 Å². The summed E-state index contributed by atoms with van der Waals surface area (Å²) >= 11 is 2.99. The number of benzene rings is 1. The van der Waals surface area contributed by atoms with Crippen molar-refractivity contribution in [3.63, 3.8) is 0 Å². The van der Waals surface area contributed by atoms with Crippen LogP contribution in [0.5, 0.6) is 0 Å². The highest BCUT2D eigenvalue weighted by atomic mass is 127. The van der Waals surface area contributed by atoms with Crippen LogP contribution in [0.4, 0.5) is 4.79 Å². The molecule has 1 fully saturated rings. The van der Waals surface area contributed by atoms with Gasteiger partial charge >= 0.3 is 5.97 Å². The first kappa shape index (κ1) is 17.0. The molecule has 1 saturated heterocycles. The lowest BCUT2D eigenvalue weighted by Crippen LogP contribution is -2.35. The Balaban J connectivity index is 2.15. The molecule has 1 aromatic rings. The summed E-state index contributed by atoms with van der Waals surface area (Å²) in [4.78, 5) is 37.0. The second-order valence-corrected chi connectivity index (χ2v) is 6.98. The van der Waals surface area contributed by atoms with E-state index in [1.807, 2.05) is 24.3 Å². The van der Waals surface area contributed by atoms with E-state index < -0.39 is 17.1 Å². The number of carbonyl (C=O) groups is 3. The zero-order chi connectivity index (χ0) is 16.3. The third-order valence-corrected chi connectivity index (χ3v) is 4.61. The molecule has 7 heteroatoms. The van der Waals surface area contributed by atoms with E-state index in [0.717, 1.165) is 25.8 Å². The fraction of sp³-hybridized carbons (Fsp3) is 0.267. The Morgan fingerprint density at radius 1 is 1.36 bits per heavy atom. The third-order valence-electron chi connectivity index (χ3n) is 2.72. The van der Waals surface area contributed by atoms with Crippen LogP contribution in [-0.4, -0.2) is 34.7 Å². The van der Waals surface area contributed by atoms with E-state index >= 15 is 0 Å². The number of nitrogens with zero attached hydrogens (tertiary/aromatic N) is 1. The van der Waals surface area contributed by atoms with E-state index in [9.17, 15) is 14.4 Å². The molecule has 0 spiro atoms. The van der Waals surface area contributed by atoms with Crippen LogP contribution in [-0.2, 0) is 14.3 Å². The highest BCUT2D eigenvalue weighted by molar-refractivity contribution is 14.1. The number of ether oxygens (including phenoxy) is 1. The van der Waals surface area contributed by atoms with Crippen molar-refractivity contribution < 1.29 is 19.1 Å². The maximum absolute atomic E-state index is 12.3. The van der Waals surface area contributed by atoms with Crippen molar-refractivity contribution in [2.75, 3.05) is 6.54 Å². The van der Waals surface area contributed by atoms with Crippen LogP contribution in [0.2, 0.25) is 0 Å². The van der Waals surface area contributed by atoms with Crippen molar-refractivity contribution in [2.24, 2.45) is 0 Å². The van der Waals surface area contributed by atoms with E-state index in [1.165, 1.54) is 0 Å². The Hall–Kier alpha value is -1.35. The molecule has 0 radical (unpaired) electrons. The smallest absolute Gasteiger partial charge is 0.326 e. The Bertz CT molecular complexity index is 657. The lowest BCUT2D eigenvalue weighted by atomic mass is 10.2. The number of imide groups is 1. The van der Waals surface area contributed by atoms with Crippen molar-refractivity contribution in [1.29, 1.82) is 0 Å². The summed E-state index contributed by atoms with van der Waals surface area (Å²) in [5.41, 5.74) is 0.860. The first-order valence-electron chi connectivity index (χ1n) is 6.58. The molecule has 1 aromatic carbocycles. The zero-order valence-electron chi connectivity index (χ0n) is 12.0. The summed E-state index contributed by atoms with van der Waals surface area (Å²) in [6.07, 6.45) is 1.38. The van der Waals surface area contributed by atoms with Crippen LogP contribution >= 0.6 is 34.4 Å². The maximum atomic E-state index is 12.3. The minimum atomic E-state index is -0.590. The summed E-state index contributed by atoms with van der Waals surface area (Å²) < 4.78 is 5.94. The number of rotatable bonds is 4. The Labute approximate surface area is 146 Å². The lowest BCUT2D eigenvalue weighted by molar-refractivity contribution is -0.149. The molecular formula is C15H14INO4S. The first-order valence-corrected chi connectivity index (χ1v) is 8.47. The molecule has 0 N–H and O–H groups in total. The average molecular weight is 431 g/mol. The molecular weight excluding hydrogens is 417 g/mol. The van der Waals surface area contributed by atoms with Gasteiger partial charge in [-0.15, -0.1) is 0 Å². The van der Waals surface area contributed by atoms with Gasteiger partial charge in [-0.1, -0.05) is 18.2 Å². The number of thioether (sulfide) groups is 1. The van der Waals surface area contributed by atoms with E-state index in [2.05, 4.69) is 22.6 Å². The van der Waals surface area contributed by atoms with Crippen molar-refractivity contribution in [1.82, 2.24) is 4.90 Å². The van der Waals surface area contributed by atoms with Gasteiger partial charge in [-0.3, -0.25) is 19.3 Å². The number of esters is 1. The minimum absolute atomic E-state index is 0.283. The van der Waals surface area contributed by atoms with Crippen LogP contribution in [0.15, 0.2) is 29.2 Å². The highest BCUT2D eigenvalue weighted by Crippen LogP contribution is 2.32. The molecule has 2 rings (SSSR count). The quantitative estimate of drug-likeness (QED) is 0.416. The summed E-state index contributed by atoms with van der Waals surface area (Å²) in [5, 5.41) is -0.456. The molecule has 0 unspecified atom stereocenters. The van der Waals surface area contributed by atoms with Gasteiger partial charge in [0.15, 0.2) is 0 Å². The molecule has 0 bridgehead atoms. The standard InChI is InChI=1S/C15H14INO4S/c1-9(2)21-13(18)8-17-14(19)12(22-15(17)20)7-10-5-3-4-6-11(10)16/h3-7,9H,8H2,1-2H3/b12-7-. The molecule has 0 aliphatic carbocycles. The largest absolute Gasteiger partial charge is 0.462 e. The molecule has 116 valence electrons. The molecule has 2 amide bonds. The van der Waals surface area contributed by atoms with E-state index in [4.69, 9.17) is 4.74 Å². The van der Waals surface area contributed by atoms with E-state index in [1.54, 1.807) is 19.9 Å². The highest BCUT2D eigenvalue weighted by Gasteiger charge is 2.36. The second-order valence-electron chi connectivity index (χ2n) is 4.83. The number of hydrogen-bond acceptors (Lipinski definition) is 5. The molecule has 0 aromatic heterocycles. The fourth-order valence-corrected chi connectivity index (χ4v) is 3.17. The van der Waals surface area contributed by atoms with Gasteiger partial charge in [0.2, 0.25) is 0 Å². The third kappa shape index (κ3) is 4.10. The van der Waals surface area contributed by atoms with E-state index in [0.29, 0.717) is 4.91 Å². The average Bonchev–Trinajstić information content (AvgIpc) is 2.68. The maximum Gasteiger partial charge on any atom is 0.326 e. The molecule has 5 nitrogen and oxygen atoms in total. The molecule has 0 saturated carbocycles. The number of halogens is 1. The van der Waals surface area contributed by atoms with Crippen LogP contribution in [0.3, 0.4) is 0 Å². The number of amides is 2. The first-order chi connectivity index (χ1) is 10.4. The van der Waals surface area contributed by atoms with Crippen LogP contribution in [0, 0.1) is 3.57 Å². The fourth-order valence-electron chi connectivity index (χ4n) is 1.80. The van der Waals surface area contributed by atoms with Crippen molar-refractivity contribution in [3.05, 3.63) is 38.3 Å². The SMILES string of the molecule is CC(C)OC(=O)CN1C(=O)S/C(=C\c2ccccc2I)C1=O. The van der Waals surface area contributed by atoms with Gasteiger partial charge < -0.3 is 4.74 Å². The van der Waals surface area contributed by atoms with Crippen molar-refractivity contribution in [3.8, 4) is 0 Å². The Morgan fingerprint density at radius 3 is 2.68 bits per heavy atom. The van der Waals surface area contributed by atoms with Gasteiger partial charge in [0, 0.05) is 3.57 Å². The summed E-state index contributed by atoms with van der Waals surface area (Å²) in [5.74, 6) is -1.05. The minimum Gasteiger partial charge on any atom is -0.462 e. The van der Waals surface area contributed by atoms with Gasteiger partial charge in [0.25, 0.3) is 11.1 Å². The van der Waals surface area contributed by atoms with Crippen molar-refractivity contribution in [2.45, 2.75) is 20.0 Å². The lowest BCUT2D eigenvalue weighted by Gasteiger charge is -2.13. The summed E-state index contributed by atoms with van der Waals surface area (Å²) in [6, 6.07) is 7.53. The van der Waals surface area contributed by atoms with Crippen LogP contribution < -0.4 is 0 Å². The zero-order valence-corrected chi connectivity index (χ0v) is 15.0. The number of hydrogen-bond donors (Lipinski definition) is 0. The van der Waals surface area contributed by atoms with Gasteiger partial charge in [0.1, 0.15) is 6.54 Å². The summed E-state index contributed by atoms with van der Waals surface area (Å²) in [6.45, 7) is 3.07. The molecule has 22 heavy (non-hydrogen) atoms. The number of carbonyl (C=O) groups excluding carboxylic acids is 3. The Kier molecular flexibility index (Phi) is 5.63. The monoisotopic (exact) mass is 431 g/mol. The predicted octanol–water partition coefficient (Wildman–Crippen LogP) is 3.28. The second kappa shape index (κ2) is 7.28. The normalized spacial score (nSPS) is 16.7. The molecule has 1 heterocycles. The molecule has 1 aliphatic heterocycles. The van der Waals surface area contributed by atoms with E-state index in [-0.39, 0.29) is 12.6 Å². The van der Waals surface area contributed by atoms with Gasteiger partial charge in [0.05, 0.1) is 11.0 Å². The molecule has 1 aliphatic rings. The van der Waals surface area contributed by atoms with Crippen LogP contribution in [0.25, 0.3) is 6.08 Å². The topological polar surface area (TPSA) is 63.7 Å². The Morgan fingerprint density at radius 2 is 2.05 bits per heavy atom. The van der Waals surface area contributed by atoms with Gasteiger partial charge in [-0.25, -0.2) is 0 Å².